The van der Waals surface area contributed by atoms with Crippen molar-refractivity contribution in [2.75, 3.05) is 37.7 Å². The number of hydrogen-bond donors (Lipinski definition) is 1. The van der Waals surface area contributed by atoms with Gasteiger partial charge in [0.1, 0.15) is 0 Å². The maximum Gasteiger partial charge on any atom is 0.463 e. The summed E-state index contributed by atoms with van der Waals surface area (Å²) in [6.45, 7) is 1.56. The molecule has 1 amide bonds. The zero-order chi connectivity index (χ0) is 13.8. The van der Waals surface area contributed by atoms with Gasteiger partial charge in [0, 0.05) is 37.7 Å². The van der Waals surface area contributed by atoms with Crippen molar-refractivity contribution in [1.29, 1.82) is 0 Å². The lowest BCUT2D eigenvalue weighted by molar-refractivity contribution is -0.269. The van der Waals surface area contributed by atoms with Crippen molar-refractivity contribution in [3.05, 3.63) is 0 Å². The van der Waals surface area contributed by atoms with Crippen molar-refractivity contribution in [3.8, 4) is 0 Å². The number of nitrogens with zero attached hydrogens (tertiary/aromatic N) is 1. The average molecular weight is 292 g/mol. The molecule has 0 spiro atoms. The molecule has 1 rings (SSSR count). The molecule has 106 valence electrons. The molecule has 1 aliphatic heterocycles. The first-order valence-corrected chi connectivity index (χ1v) is 6.43. The molecular weight excluding hydrogens is 279 g/mol. The van der Waals surface area contributed by atoms with Crippen LogP contribution in [-0.4, -0.2) is 60.6 Å². The topological polar surface area (TPSA) is 32.3 Å². The van der Waals surface area contributed by atoms with Crippen LogP contribution >= 0.6 is 11.8 Å². The van der Waals surface area contributed by atoms with Gasteiger partial charge in [0.2, 0.25) is 0 Å². The highest BCUT2D eigenvalue weighted by atomic mass is 32.2. The molecule has 0 aliphatic carbocycles. The van der Waals surface area contributed by atoms with Crippen LogP contribution in [0.15, 0.2) is 0 Å². The van der Waals surface area contributed by atoms with Crippen LogP contribution in [0, 0.1) is 0 Å². The van der Waals surface area contributed by atoms with Gasteiger partial charge in [-0.1, -0.05) is 0 Å². The van der Waals surface area contributed by atoms with E-state index in [1.165, 1.54) is 0 Å². The standard InChI is InChI=1S/C9H13F5N2OS/c10-8(11,9(12,13)14)7(17)15-1-2-16-3-5-18-6-4-16/h1-6H2,(H,15,17). The average Bonchev–Trinajstić information content (AvgIpc) is 2.28. The van der Waals surface area contributed by atoms with Gasteiger partial charge in [-0.15, -0.1) is 0 Å². The van der Waals surface area contributed by atoms with Crippen LogP contribution in [0.3, 0.4) is 0 Å². The van der Waals surface area contributed by atoms with E-state index in [4.69, 9.17) is 0 Å². The number of alkyl halides is 5. The van der Waals surface area contributed by atoms with Crippen LogP contribution in [0.5, 0.6) is 0 Å². The van der Waals surface area contributed by atoms with E-state index in [1.807, 2.05) is 4.90 Å². The number of halogens is 5. The molecule has 18 heavy (non-hydrogen) atoms. The predicted molar refractivity (Wildman–Crippen MR) is 57.8 cm³/mol. The van der Waals surface area contributed by atoms with Crippen molar-refractivity contribution in [1.82, 2.24) is 10.2 Å². The smallest absolute Gasteiger partial charge is 0.349 e. The molecule has 1 saturated heterocycles. The normalized spacial score (nSPS) is 18.7. The minimum Gasteiger partial charge on any atom is -0.349 e. The second-order valence-electron chi connectivity index (χ2n) is 3.78. The quantitative estimate of drug-likeness (QED) is 0.794. The number of carbonyl (C=O) groups is 1. The molecule has 1 N–H and O–H groups in total. The summed E-state index contributed by atoms with van der Waals surface area (Å²) < 4.78 is 60.6. The van der Waals surface area contributed by atoms with Gasteiger partial charge in [0.05, 0.1) is 0 Å². The van der Waals surface area contributed by atoms with E-state index >= 15 is 0 Å². The Balaban J connectivity index is 2.32. The molecule has 1 aliphatic rings. The van der Waals surface area contributed by atoms with E-state index in [0.29, 0.717) is 0 Å². The summed E-state index contributed by atoms with van der Waals surface area (Å²) in [5, 5.41) is 1.62. The number of thioether (sulfide) groups is 1. The summed E-state index contributed by atoms with van der Waals surface area (Å²) in [5.41, 5.74) is 0. The monoisotopic (exact) mass is 292 g/mol. The van der Waals surface area contributed by atoms with Crippen molar-refractivity contribution in [3.63, 3.8) is 0 Å². The van der Waals surface area contributed by atoms with Gasteiger partial charge in [-0.3, -0.25) is 9.69 Å². The molecular formula is C9H13F5N2OS. The lowest BCUT2D eigenvalue weighted by Gasteiger charge is -2.26. The maximum atomic E-state index is 12.5. The van der Waals surface area contributed by atoms with Crippen LogP contribution in [0.2, 0.25) is 0 Å². The molecule has 0 bridgehead atoms. The summed E-state index contributed by atoms with van der Waals surface area (Å²) in [6.07, 6.45) is -5.85. The third-order valence-electron chi connectivity index (χ3n) is 2.46. The second kappa shape index (κ2) is 6.05. The van der Waals surface area contributed by atoms with Crippen LogP contribution in [0.4, 0.5) is 22.0 Å². The summed E-state index contributed by atoms with van der Waals surface area (Å²) >= 11 is 1.75. The molecule has 0 aromatic heterocycles. The van der Waals surface area contributed by atoms with Crippen molar-refractivity contribution in [2.45, 2.75) is 12.1 Å². The van der Waals surface area contributed by atoms with Gasteiger partial charge < -0.3 is 5.32 Å². The first-order valence-electron chi connectivity index (χ1n) is 5.28. The zero-order valence-electron chi connectivity index (χ0n) is 9.40. The highest BCUT2D eigenvalue weighted by molar-refractivity contribution is 7.99. The fourth-order valence-corrected chi connectivity index (χ4v) is 2.37. The molecule has 1 fully saturated rings. The third kappa shape index (κ3) is 3.98. The van der Waals surface area contributed by atoms with Gasteiger partial charge in [0.25, 0.3) is 5.91 Å². The minimum atomic E-state index is -5.85. The van der Waals surface area contributed by atoms with E-state index in [-0.39, 0.29) is 13.1 Å². The fraction of sp³-hybridized carbons (Fsp3) is 0.889. The highest BCUT2D eigenvalue weighted by Gasteiger charge is 2.63. The molecule has 0 aromatic carbocycles. The van der Waals surface area contributed by atoms with Gasteiger partial charge in [-0.2, -0.15) is 33.7 Å². The van der Waals surface area contributed by atoms with Crippen molar-refractivity contribution < 1.29 is 26.7 Å². The Labute approximate surface area is 105 Å². The van der Waals surface area contributed by atoms with Crippen LogP contribution in [0.1, 0.15) is 0 Å². The van der Waals surface area contributed by atoms with E-state index in [2.05, 4.69) is 0 Å². The van der Waals surface area contributed by atoms with Gasteiger partial charge in [0.15, 0.2) is 0 Å². The summed E-state index contributed by atoms with van der Waals surface area (Å²) in [4.78, 5) is 12.7. The molecule has 1 heterocycles. The highest BCUT2D eigenvalue weighted by Crippen LogP contribution is 2.35. The molecule has 0 radical (unpaired) electrons. The largest absolute Gasteiger partial charge is 0.463 e. The van der Waals surface area contributed by atoms with Crippen LogP contribution in [-0.2, 0) is 4.79 Å². The van der Waals surface area contributed by atoms with Crippen molar-refractivity contribution >= 4 is 17.7 Å². The Morgan fingerprint density at radius 2 is 1.72 bits per heavy atom. The van der Waals surface area contributed by atoms with E-state index in [1.54, 1.807) is 17.1 Å². The Hall–Kier alpha value is -0.570. The van der Waals surface area contributed by atoms with Gasteiger partial charge in [-0.25, -0.2) is 0 Å². The summed E-state index contributed by atoms with van der Waals surface area (Å²) in [7, 11) is 0. The fourth-order valence-electron chi connectivity index (χ4n) is 1.39. The van der Waals surface area contributed by atoms with E-state index in [0.717, 1.165) is 24.6 Å². The first-order chi connectivity index (χ1) is 8.25. The number of hydrogen-bond acceptors (Lipinski definition) is 3. The zero-order valence-corrected chi connectivity index (χ0v) is 10.2. The number of amides is 1. The molecule has 0 atom stereocenters. The molecule has 0 aromatic rings. The second-order valence-corrected chi connectivity index (χ2v) is 5.01. The Bertz CT molecular complexity index is 291. The summed E-state index contributed by atoms with van der Waals surface area (Å²) in [6, 6.07) is 0. The van der Waals surface area contributed by atoms with E-state index in [9.17, 15) is 26.7 Å². The molecule has 0 unspecified atom stereocenters. The minimum absolute atomic E-state index is 0.213. The Kier molecular flexibility index (Phi) is 5.20. The SMILES string of the molecule is O=C(NCCN1CCSCC1)C(F)(F)C(F)(F)F. The van der Waals surface area contributed by atoms with E-state index < -0.39 is 18.0 Å². The number of nitrogens with one attached hydrogen (secondary N) is 1. The van der Waals surface area contributed by atoms with Gasteiger partial charge >= 0.3 is 12.1 Å². The maximum absolute atomic E-state index is 12.5. The van der Waals surface area contributed by atoms with Crippen LogP contribution < -0.4 is 5.32 Å². The summed E-state index contributed by atoms with van der Waals surface area (Å²) in [5.74, 6) is -5.83. The lowest BCUT2D eigenvalue weighted by atomic mass is 10.3. The lowest BCUT2D eigenvalue weighted by Crippen LogP contribution is -2.51. The number of carbonyl (C=O) groups excluding carboxylic acids is 1. The molecule has 9 heteroatoms. The third-order valence-corrected chi connectivity index (χ3v) is 3.40. The molecule has 3 nitrogen and oxygen atoms in total. The number of rotatable bonds is 4. The Morgan fingerprint density at radius 1 is 1.17 bits per heavy atom. The predicted octanol–water partition coefficient (Wildman–Crippen LogP) is 1.35. The Morgan fingerprint density at radius 3 is 2.22 bits per heavy atom. The first kappa shape index (κ1) is 15.5. The van der Waals surface area contributed by atoms with Crippen molar-refractivity contribution in [2.24, 2.45) is 0 Å². The van der Waals surface area contributed by atoms with Gasteiger partial charge in [-0.05, 0) is 0 Å². The molecule has 0 saturated carbocycles. The van der Waals surface area contributed by atoms with Crippen LogP contribution in [0.25, 0.3) is 0 Å².